The maximum atomic E-state index is 13.3. The van der Waals surface area contributed by atoms with Gasteiger partial charge >= 0.3 is 0 Å². The Bertz CT molecular complexity index is 1370. The van der Waals surface area contributed by atoms with Gasteiger partial charge in [0.15, 0.2) is 0 Å². The molecule has 2 fully saturated rings. The van der Waals surface area contributed by atoms with Crippen LogP contribution >= 0.6 is 11.6 Å². The van der Waals surface area contributed by atoms with Gasteiger partial charge in [0.05, 0.1) is 41.1 Å². The third-order valence-electron chi connectivity index (χ3n) is 8.08. The SMILES string of the molecule is Cn1cc(C(=O)N2CC3(CCN(c4cncc(N5C(=O)c6ccc(Cl)cc6C5(C)C)c4)CC3)C2)cn1. The predicted molar refractivity (Wildman–Crippen MR) is 139 cm³/mol. The summed E-state index contributed by atoms with van der Waals surface area (Å²) >= 11 is 6.24. The zero-order valence-electron chi connectivity index (χ0n) is 20.7. The summed E-state index contributed by atoms with van der Waals surface area (Å²) in [6.07, 6.45) is 9.08. The summed E-state index contributed by atoms with van der Waals surface area (Å²) in [6.45, 7) is 7.47. The zero-order valence-corrected chi connectivity index (χ0v) is 21.5. The molecule has 8 nitrogen and oxygen atoms in total. The normalized spacial score (nSPS) is 20.0. The summed E-state index contributed by atoms with van der Waals surface area (Å²) in [5.74, 6) is 0.0318. The number of aromatic nitrogens is 3. The summed E-state index contributed by atoms with van der Waals surface area (Å²) in [7, 11) is 1.82. The second-order valence-corrected chi connectivity index (χ2v) is 11.3. The van der Waals surface area contributed by atoms with Crippen LogP contribution in [0.15, 0.2) is 49.1 Å². The molecule has 1 aromatic carbocycles. The summed E-state index contributed by atoms with van der Waals surface area (Å²) < 4.78 is 1.66. The Morgan fingerprint density at radius 3 is 2.44 bits per heavy atom. The molecule has 0 atom stereocenters. The number of aryl methyl sites for hydroxylation is 1. The first kappa shape index (κ1) is 23.0. The highest BCUT2D eigenvalue weighted by atomic mass is 35.5. The molecule has 0 N–H and O–H groups in total. The van der Waals surface area contributed by atoms with Crippen LogP contribution in [0.4, 0.5) is 11.4 Å². The van der Waals surface area contributed by atoms with E-state index in [2.05, 4.69) is 21.0 Å². The minimum absolute atomic E-state index is 0.0314. The number of anilines is 2. The molecular formula is C27H29ClN6O2. The minimum atomic E-state index is -0.528. The van der Waals surface area contributed by atoms with E-state index in [1.54, 1.807) is 29.3 Å². The van der Waals surface area contributed by atoms with Gasteiger partial charge in [-0.05, 0) is 56.5 Å². The molecule has 0 bridgehead atoms. The zero-order chi connectivity index (χ0) is 25.2. The predicted octanol–water partition coefficient (Wildman–Crippen LogP) is 4.11. The largest absolute Gasteiger partial charge is 0.370 e. The van der Waals surface area contributed by atoms with Gasteiger partial charge in [-0.3, -0.25) is 24.2 Å². The van der Waals surface area contributed by atoms with Gasteiger partial charge in [-0.1, -0.05) is 11.6 Å². The molecule has 2 amide bonds. The Labute approximate surface area is 215 Å². The number of pyridine rings is 1. The van der Waals surface area contributed by atoms with Crippen molar-refractivity contribution in [3.05, 3.63) is 70.8 Å². The number of hydrogen-bond donors (Lipinski definition) is 0. The Kier molecular flexibility index (Phi) is 5.16. The molecular weight excluding hydrogens is 476 g/mol. The lowest BCUT2D eigenvalue weighted by Crippen LogP contribution is -2.61. The van der Waals surface area contributed by atoms with E-state index < -0.39 is 5.54 Å². The maximum Gasteiger partial charge on any atom is 0.259 e. The molecule has 9 heteroatoms. The average molecular weight is 505 g/mol. The molecule has 0 unspecified atom stereocenters. The van der Waals surface area contributed by atoms with Gasteiger partial charge < -0.3 is 9.80 Å². The van der Waals surface area contributed by atoms with Crippen molar-refractivity contribution in [2.45, 2.75) is 32.2 Å². The van der Waals surface area contributed by atoms with E-state index in [1.807, 2.05) is 49.0 Å². The molecule has 36 heavy (non-hydrogen) atoms. The van der Waals surface area contributed by atoms with Crippen molar-refractivity contribution in [3.63, 3.8) is 0 Å². The smallest absolute Gasteiger partial charge is 0.259 e. The van der Waals surface area contributed by atoms with Gasteiger partial charge in [0.2, 0.25) is 0 Å². The molecule has 1 spiro atoms. The van der Waals surface area contributed by atoms with E-state index in [1.165, 1.54) is 0 Å². The van der Waals surface area contributed by atoms with Crippen LogP contribution in [-0.4, -0.2) is 57.7 Å². The molecule has 3 aliphatic rings. The molecule has 0 aliphatic carbocycles. The van der Waals surface area contributed by atoms with Gasteiger partial charge in [0.1, 0.15) is 0 Å². The number of likely N-dealkylation sites (tertiary alicyclic amines) is 1. The van der Waals surface area contributed by atoms with Gasteiger partial charge in [-0.15, -0.1) is 0 Å². The molecule has 5 heterocycles. The van der Waals surface area contributed by atoms with Crippen molar-refractivity contribution in [1.82, 2.24) is 19.7 Å². The second kappa shape index (κ2) is 8.06. The molecule has 0 radical (unpaired) electrons. The fourth-order valence-corrected chi connectivity index (χ4v) is 6.20. The van der Waals surface area contributed by atoms with Crippen LogP contribution in [0, 0.1) is 5.41 Å². The Balaban J connectivity index is 1.14. The topological polar surface area (TPSA) is 74.6 Å². The number of benzene rings is 1. The summed E-state index contributed by atoms with van der Waals surface area (Å²) in [6, 6.07) is 7.53. The van der Waals surface area contributed by atoms with E-state index in [0.29, 0.717) is 16.1 Å². The van der Waals surface area contributed by atoms with Crippen LogP contribution < -0.4 is 9.80 Å². The highest BCUT2D eigenvalue weighted by Gasteiger charge is 2.47. The van der Waals surface area contributed by atoms with E-state index in [9.17, 15) is 9.59 Å². The number of rotatable bonds is 3. The Morgan fingerprint density at radius 1 is 1.03 bits per heavy atom. The number of amides is 2. The highest BCUT2D eigenvalue weighted by molar-refractivity contribution is 6.31. The van der Waals surface area contributed by atoms with E-state index >= 15 is 0 Å². The first-order chi connectivity index (χ1) is 17.2. The van der Waals surface area contributed by atoms with Crippen molar-refractivity contribution in [1.29, 1.82) is 0 Å². The monoisotopic (exact) mass is 504 g/mol. The van der Waals surface area contributed by atoms with Crippen LogP contribution in [0.5, 0.6) is 0 Å². The number of piperidine rings is 1. The summed E-state index contributed by atoms with van der Waals surface area (Å²) in [5.41, 5.74) is 3.73. The fourth-order valence-electron chi connectivity index (χ4n) is 6.03. The Morgan fingerprint density at radius 2 is 1.75 bits per heavy atom. The number of halogens is 1. The van der Waals surface area contributed by atoms with E-state index in [-0.39, 0.29) is 17.2 Å². The summed E-state index contributed by atoms with van der Waals surface area (Å²) in [5, 5.41) is 4.74. The number of carbonyl (C=O) groups excluding carboxylic acids is 2. The van der Waals surface area contributed by atoms with Crippen LogP contribution in [0.3, 0.4) is 0 Å². The van der Waals surface area contributed by atoms with Gasteiger partial charge in [-0.25, -0.2) is 0 Å². The van der Waals surface area contributed by atoms with Gasteiger partial charge in [-0.2, -0.15) is 5.10 Å². The number of fused-ring (bicyclic) bond motifs is 1. The number of nitrogens with zero attached hydrogens (tertiary/aromatic N) is 6. The quantitative estimate of drug-likeness (QED) is 0.536. The highest BCUT2D eigenvalue weighted by Crippen LogP contribution is 2.45. The van der Waals surface area contributed by atoms with Crippen molar-refractivity contribution in [2.75, 3.05) is 36.0 Å². The van der Waals surface area contributed by atoms with E-state index in [4.69, 9.17) is 11.6 Å². The van der Waals surface area contributed by atoms with Gasteiger partial charge in [0, 0.05) is 55.4 Å². The summed E-state index contributed by atoms with van der Waals surface area (Å²) in [4.78, 5) is 36.6. The van der Waals surface area contributed by atoms with Crippen LogP contribution in [-0.2, 0) is 12.6 Å². The molecule has 6 rings (SSSR count). The third-order valence-corrected chi connectivity index (χ3v) is 8.32. The van der Waals surface area contributed by atoms with Gasteiger partial charge in [0.25, 0.3) is 11.8 Å². The molecule has 186 valence electrons. The Hall–Kier alpha value is -3.39. The molecule has 2 saturated heterocycles. The van der Waals surface area contributed by atoms with E-state index in [0.717, 1.165) is 56.0 Å². The lowest BCUT2D eigenvalue weighted by molar-refractivity contribution is -0.00786. The lowest BCUT2D eigenvalue weighted by atomic mass is 9.71. The molecule has 3 aliphatic heterocycles. The minimum Gasteiger partial charge on any atom is -0.370 e. The van der Waals surface area contributed by atoms with Crippen molar-refractivity contribution >= 4 is 34.8 Å². The number of hydrogen-bond acceptors (Lipinski definition) is 5. The maximum absolute atomic E-state index is 13.3. The molecule has 2 aromatic heterocycles. The van der Waals surface area contributed by atoms with Crippen molar-refractivity contribution in [3.8, 4) is 0 Å². The molecule has 3 aromatic rings. The second-order valence-electron chi connectivity index (χ2n) is 10.8. The first-order valence-corrected chi connectivity index (χ1v) is 12.7. The average Bonchev–Trinajstić information content (AvgIpc) is 3.36. The number of carbonyl (C=O) groups is 2. The van der Waals surface area contributed by atoms with Crippen LogP contribution in [0.25, 0.3) is 0 Å². The lowest BCUT2D eigenvalue weighted by Gasteiger charge is -2.54. The van der Waals surface area contributed by atoms with Crippen molar-refractivity contribution < 1.29 is 9.59 Å². The first-order valence-electron chi connectivity index (χ1n) is 12.3. The fraction of sp³-hybridized carbons (Fsp3) is 0.407. The van der Waals surface area contributed by atoms with Crippen LogP contribution in [0.2, 0.25) is 5.02 Å². The molecule has 0 saturated carbocycles. The van der Waals surface area contributed by atoms with Crippen molar-refractivity contribution in [2.24, 2.45) is 12.5 Å². The third kappa shape index (κ3) is 3.58. The standard InChI is InChI=1S/C27H29ClN6O2/c1-26(2)23-10-19(28)4-5-22(23)25(36)34(26)21-11-20(13-29-14-21)32-8-6-27(7-9-32)16-33(17-27)24(35)18-12-30-31(3)15-18/h4-5,10-15H,6-9,16-17H2,1-3H3. The van der Waals surface area contributed by atoms with Crippen LogP contribution in [0.1, 0.15) is 53.0 Å².